The van der Waals surface area contributed by atoms with E-state index in [1.807, 2.05) is 0 Å². The van der Waals surface area contributed by atoms with E-state index in [1.165, 1.54) is 25.7 Å². The van der Waals surface area contributed by atoms with E-state index in [-0.39, 0.29) is 5.41 Å². The molecule has 0 aromatic carbocycles. The first-order chi connectivity index (χ1) is 4.78. The number of hydrogen-bond acceptors (Lipinski definition) is 1. The average Bonchev–Trinajstić information content (AvgIpc) is 2.46. The molecule has 54 valence electrons. The van der Waals surface area contributed by atoms with Gasteiger partial charge in [-0.1, -0.05) is 13.3 Å². The minimum Gasteiger partial charge on any atom is -0.198 e. The second-order valence-corrected chi connectivity index (χ2v) is 3.94. The summed E-state index contributed by atoms with van der Waals surface area (Å²) >= 11 is 0. The van der Waals surface area contributed by atoms with E-state index in [4.69, 9.17) is 5.26 Å². The Bertz CT molecular complexity index is 185. The van der Waals surface area contributed by atoms with Crippen molar-refractivity contribution in [3.8, 4) is 6.07 Å². The van der Waals surface area contributed by atoms with E-state index in [1.54, 1.807) is 0 Å². The van der Waals surface area contributed by atoms with Crippen LogP contribution in [-0.2, 0) is 0 Å². The van der Waals surface area contributed by atoms with Gasteiger partial charge in [-0.15, -0.1) is 0 Å². The molecule has 0 heterocycles. The van der Waals surface area contributed by atoms with Crippen LogP contribution in [-0.4, -0.2) is 0 Å². The first-order valence-electron chi connectivity index (χ1n) is 4.20. The number of nitrogens with zero attached hydrogens (tertiary/aromatic N) is 1. The average molecular weight is 135 g/mol. The molecule has 0 amide bonds. The molecule has 0 radical (unpaired) electrons. The molecule has 2 rings (SSSR count). The molecule has 1 heteroatoms. The van der Waals surface area contributed by atoms with Crippen LogP contribution in [0.4, 0.5) is 0 Å². The summed E-state index contributed by atoms with van der Waals surface area (Å²) < 4.78 is 0. The number of hydrogen-bond donors (Lipinski definition) is 0. The Balaban J connectivity index is 2.07. The van der Waals surface area contributed by atoms with Crippen LogP contribution in [0.15, 0.2) is 0 Å². The molecular formula is C9H13N. The summed E-state index contributed by atoms with van der Waals surface area (Å²) in [5.74, 6) is 1.62. The van der Waals surface area contributed by atoms with Gasteiger partial charge in [-0.2, -0.15) is 5.26 Å². The van der Waals surface area contributed by atoms with E-state index >= 15 is 0 Å². The van der Waals surface area contributed by atoms with Crippen molar-refractivity contribution in [3.05, 3.63) is 0 Å². The zero-order chi connectivity index (χ0) is 7.19. The molecule has 2 fully saturated rings. The van der Waals surface area contributed by atoms with Crippen molar-refractivity contribution in [3.63, 3.8) is 0 Å². The second-order valence-electron chi connectivity index (χ2n) is 3.94. The van der Waals surface area contributed by atoms with Crippen LogP contribution in [0.1, 0.15) is 32.6 Å². The summed E-state index contributed by atoms with van der Waals surface area (Å²) in [6.45, 7) is 2.27. The molecule has 2 aliphatic rings. The quantitative estimate of drug-likeness (QED) is 0.541. The Labute approximate surface area is 62.0 Å². The molecule has 2 atom stereocenters. The standard InChI is InChI=1S/C9H13N/c1-7-5-8(7)9(6-10)3-2-4-9/h7-8H,2-5H2,1H3. The van der Waals surface area contributed by atoms with Crippen LogP contribution < -0.4 is 0 Å². The van der Waals surface area contributed by atoms with E-state index in [0.29, 0.717) is 0 Å². The van der Waals surface area contributed by atoms with Crippen molar-refractivity contribution in [1.82, 2.24) is 0 Å². The Morgan fingerprint density at radius 1 is 1.50 bits per heavy atom. The van der Waals surface area contributed by atoms with Crippen LogP contribution in [0.3, 0.4) is 0 Å². The molecule has 2 unspecified atom stereocenters. The first-order valence-corrected chi connectivity index (χ1v) is 4.20. The maximum atomic E-state index is 8.91. The SMILES string of the molecule is CC1CC1C1(C#N)CCC1. The van der Waals surface area contributed by atoms with Crippen molar-refractivity contribution in [1.29, 1.82) is 5.26 Å². The maximum Gasteiger partial charge on any atom is 0.0692 e. The number of nitriles is 1. The molecule has 0 saturated heterocycles. The topological polar surface area (TPSA) is 23.8 Å². The molecule has 0 bridgehead atoms. The molecule has 0 spiro atoms. The fourth-order valence-corrected chi connectivity index (χ4v) is 2.22. The second kappa shape index (κ2) is 1.75. The molecule has 0 N–H and O–H groups in total. The lowest BCUT2D eigenvalue weighted by molar-refractivity contribution is 0.171. The largest absolute Gasteiger partial charge is 0.198 e. The molecule has 1 nitrogen and oxygen atoms in total. The molecule has 0 aromatic rings. The number of rotatable bonds is 1. The highest BCUT2D eigenvalue weighted by atomic mass is 14.6. The highest BCUT2D eigenvalue weighted by Crippen LogP contribution is 2.59. The van der Waals surface area contributed by atoms with Crippen molar-refractivity contribution < 1.29 is 0 Å². The van der Waals surface area contributed by atoms with Gasteiger partial charge in [0.2, 0.25) is 0 Å². The van der Waals surface area contributed by atoms with Gasteiger partial charge in [0.05, 0.1) is 11.5 Å². The van der Waals surface area contributed by atoms with E-state index < -0.39 is 0 Å². The molecule has 0 aromatic heterocycles. The van der Waals surface area contributed by atoms with Gasteiger partial charge in [-0.3, -0.25) is 0 Å². The van der Waals surface area contributed by atoms with Gasteiger partial charge >= 0.3 is 0 Å². The molecule has 2 aliphatic carbocycles. The van der Waals surface area contributed by atoms with Crippen molar-refractivity contribution in [2.24, 2.45) is 17.3 Å². The molecule has 0 aliphatic heterocycles. The van der Waals surface area contributed by atoms with Gasteiger partial charge in [0.25, 0.3) is 0 Å². The normalized spacial score (nSPS) is 41.6. The summed E-state index contributed by atoms with van der Waals surface area (Å²) in [6.07, 6.45) is 4.96. The van der Waals surface area contributed by atoms with Crippen LogP contribution in [0, 0.1) is 28.6 Å². The molecular weight excluding hydrogens is 122 g/mol. The molecule has 2 saturated carbocycles. The third kappa shape index (κ3) is 0.624. The van der Waals surface area contributed by atoms with Crippen LogP contribution in [0.5, 0.6) is 0 Å². The predicted octanol–water partition coefficient (Wildman–Crippen LogP) is 2.34. The van der Waals surface area contributed by atoms with E-state index in [2.05, 4.69) is 13.0 Å². The van der Waals surface area contributed by atoms with Crippen LogP contribution >= 0.6 is 0 Å². The summed E-state index contributed by atoms with van der Waals surface area (Å²) in [6, 6.07) is 2.51. The third-order valence-corrected chi connectivity index (χ3v) is 3.29. The Morgan fingerprint density at radius 3 is 2.20 bits per heavy atom. The summed E-state index contributed by atoms with van der Waals surface area (Å²) in [5, 5.41) is 8.91. The zero-order valence-corrected chi connectivity index (χ0v) is 6.43. The maximum absolute atomic E-state index is 8.91. The highest BCUT2D eigenvalue weighted by molar-refractivity contribution is 5.13. The lowest BCUT2D eigenvalue weighted by Crippen LogP contribution is -2.30. The monoisotopic (exact) mass is 135 g/mol. The van der Waals surface area contributed by atoms with Gasteiger partial charge in [-0.25, -0.2) is 0 Å². The van der Waals surface area contributed by atoms with Crippen molar-refractivity contribution in [2.45, 2.75) is 32.6 Å². The zero-order valence-electron chi connectivity index (χ0n) is 6.43. The first kappa shape index (κ1) is 6.22. The van der Waals surface area contributed by atoms with Crippen LogP contribution in [0.25, 0.3) is 0 Å². The fraction of sp³-hybridized carbons (Fsp3) is 0.889. The third-order valence-electron chi connectivity index (χ3n) is 3.29. The fourth-order valence-electron chi connectivity index (χ4n) is 2.22. The van der Waals surface area contributed by atoms with E-state index in [0.717, 1.165) is 11.8 Å². The Hall–Kier alpha value is -0.510. The minimum absolute atomic E-state index is 0.152. The van der Waals surface area contributed by atoms with Gasteiger partial charge in [-0.05, 0) is 31.1 Å². The van der Waals surface area contributed by atoms with Gasteiger partial charge in [0.1, 0.15) is 0 Å². The smallest absolute Gasteiger partial charge is 0.0692 e. The predicted molar refractivity (Wildman–Crippen MR) is 39.2 cm³/mol. The summed E-state index contributed by atoms with van der Waals surface area (Å²) in [5.41, 5.74) is 0.152. The Kier molecular flexibility index (Phi) is 1.09. The van der Waals surface area contributed by atoms with Gasteiger partial charge in [0, 0.05) is 0 Å². The minimum atomic E-state index is 0.152. The highest BCUT2D eigenvalue weighted by Gasteiger charge is 2.53. The Morgan fingerprint density at radius 2 is 2.10 bits per heavy atom. The summed E-state index contributed by atoms with van der Waals surface area (Å²) in [7, 11) is 0. The summed E-state index contributed by atoms with van der Waals surface area (Å²) in [4.78, 5) is 0. The van der Waals surface area contributed by atoms with E-state index in [9.17, 15) is 0 Å². The van der Waals surface area contributed by atoms with Gasteiger partial charge < -0.3 is 0 Å². The van der Waals surface area contributed by atoms with Crippen molar-refractivity contribution in [2.75, 3.05) is 0 Å². The lowest BCUT2D eigenvalue weighted by Gasteiger charge is -2.35. The molecule has 10 heavy (non-hydrogen) atoms. The van der Waals surface area contributed by atoms with Crippen molar-refractivity contribution >= 4 is 0 Å². The van der Waals surface area contributed by atoms with Crippen LogP contribution in [0.2, 0.25) is 0 Å². The van der Waals surface area contributed by atoms with Gasteiger partial charge in [0.15, 0.2) is 0 Å². The lowest BCUT2D eigenvalue weighted by atomic mass is 9.66.